The van der Waals surface area contributed by atoms with Crippen LogP contribution in [0.4, 0.5) is 0 Å². The van der Waals surface area contributed by atoms with Crippen LogP contribution >= 0.6 is 23.6 Å². The van der Waals surface area contributed by atoms with Gasteiger partial charge < -0.3 is 10.6 Å². The average molecular weight is 283 g/mol. The molecule has 18 heavy (non-hydrogen) atoms. The Hall–Kier alpha value is -0.980. The molecule has 0 saturated carbocycles. The average Bonchev–Trinajstić information content (AvgIpc) is 2.91. The van der Waals surface area contributed by atoms with E-state index in [1.807, 2.05) is 28.7 Å². The summed E-state index contributed by atoms with van der Waals surface area (Å²) in [6, 6.07) is 1.98. The Morgan fingerprint density at radius 2 is 2.11 bits per heavy atom. The molecule has 1 amide bonds. The molecule has 0 spiro atoms. The highest BCUT2D eigenvalue weighted by molar-refractivity contribution is 7.80. The van der Waals surface area contributed by atoms with Crippen molar-refractivity contribution in [2.45, 2.75) is 13.0 Å². The maximum Gasteiger partial charge on any atom is 0.254 e. The van der Waals surface area contributed by atoms with Crippen molar-refractivity contribution >= 4 is 34.5 Å². The number of nitrogens with zero attached hydrogens (tertiary/aromatic N) is 2. The van der Waals surface area contributed by atoms with E-state index in [0.717, 1.165) is 31.7 Å². The summed E-state index contributed by atoms with van der Waals surface area (Å²) in [5.41, 5.74) is 6.44. The van der Waals surface area contributed by atoms with Gasteiger partial charge in [-0.25, -0.2) is 0 Å². The van der Waals surface area contributed by atoms with Gasteiger partial charge in [0.1, 0.15) is 0 Å². The number of nitrogens with two attached hydrogens (primary N) is 1. The lowest BCUT2D eigenvalue weighted by atomic mass is 10.2. The monoisotopic (exact) mass is 283 g/mol. The van der Waals surface area contributed by atoms with E-state index in [-0.39, 0.29) is 11.9 Å². The van der Waals surface area contributed by atoms with Crippen LogP contribution in [-0.4, -0.2) is 52.9 Å². The van der Waals surface area contributed by atoms with Crippen LogP contribution in [0.5, 0.6) is 0 Å². The highest BCUT2D eigenvalue weighted by Gasteiger charge is 2.25. The van der Waals surface area contributed by atoms with Crippen molar-refractivity contribution < 1.29 is 4.79 Å². The number of carbonyl (C=O) groups is 1. The summed E-state index contributed by atoms with van der Waals surface area (Å²) in [7, 11) is 0. The normalized spacial score (nSPS) is 18.6. The fourth-order valence-corrected chi connectivity index (χ4v) is 2.84. The van der Waals surface area contributed by atoms with Crippen molar-refractivity contribution in [1.82, 2.24) is 9.80 Å². The van der Waals surface area contributed by atoms with Gasteiger partial charge in [-0.15, -0.1) is 0 Å². The topological polar surface area (TPSA) is 49.6 Å². The molecule has 1 aromatic heterocycles. The highest BCUT2D eigenvalue weighted by atomic mass is 32.1. The first-order valence-electron chi connectivity index (χ1n) is 5.94. The number of piperazine rings is 1. The standard InChI is InChI=1S/C12H17N3OS2/c1-9(11(13)17)14-3-5-15(6-4-14)12(16)10-2-7-18-8-10/h2,7-9H,3-6H2,1H3,(H2,13,17). The summed E-state index contributed by atoms with van der Waals surface area (Å²) in [4.78, 5) is 16.8. The Kier molecular flexibility index (Phi) is 4.31. The molecule has 0 radical (unpaired) electrons. The minimum atomic E-state index is 0.110. The predicted octanol–water partition coefficient (Wildman–Crippen LogP) is 1.18. The zero-order chi connectivity index (χ0) is 13.1. The van der Waals surface area contributed by atoms with Crippen LogP contribution in [0.1, 0.15) is 17.3 Å². The second kappa shape index (κ2) is 5.77. The largest absolute Gasteiger partial charge is 0.392 e. The van der Waals surface area contributed by atoms with Gasteiger partial charge in [-0.1, -0.05) is 12.2 Å². The lowest BCUT2D eigenvalue weighted by Gasteiger charge is -2.37. The van der Waals surface area contributed by atoms with Crippen molar-refractivity contribution in [2.24, 2.45) is 5.73 Å². The number of carbonyl (C=O) groups excluding carboxylic acids is 1. The zero-order valence-corrected chi connectivity index (χ0v) is 12.0. The Labute approximate surface area is 116 Å². The Balaban J connectivity index is 1.91. The van der Waals surface area contributed by atoms with Crippen molar-refractivity contribution in [3.63, 3.8) is 0 Å². The van der Waals surface area contributed by atoms with Gasteiger partial charge >= 0.3 is 0 Å². The summed E-state index contributed by atoms with van der Waals surface area (Å²) < 4.78 is 0. The molecule has 1 fully saturated rings. The van der Waals surface area contributed by atoms with E-state index < -0.39 is 0 Å². The first kappa shape index (κ1) is 13.5. The van der Waals surface area contributed by atoms with Crippen LogP contribution in [0.3, 0.4) is 0 Å². The van der Waals surface area contributed by atoms with Crippen LogP contribution in [0, 0.1) is 0 Å². The van der Waals surface area contributed by atoms with E-state index >= 15 is 0 Å². The molecular weight excluding hydrogens is 266 g/mol. The molecule has 2 heterocycles. The van der Waals surface area contributed by atoms with Gasteiger partial charge in [0.25, 0.3) is 5.91 Å². The highest BCUT2D eigenvalue weighted by Crippen LogP contribution is 2.13. The number of thiophene rings is 1. The first-order valence-corrected chi connectivity index (χ1v) is 7.29. The summed E-state index contributed by atoms with van der Waals surface area (Å²) in [5, 5.41) is 3.82. The second-order valence-electron chi connectivity index (χ2n) is 4.42. The van der Waals surface area contributed by atoms with E-state index in [1.54, 1.807) is 11.3 Å². The molecule has 1 aliphatic rings. The Morgan fingerprint density at radius 1 is 1.44 bits per heavy atom. The van der Waals surface area contributed by atoms with Crippen LogP contribution in [0.25, 0.3) is 0 Å². The molecular formula is C12H17N3OS2. The maximum absolute atomic E-state index is 12.1. The Bertz CT molecular complexity index is 425. The Morgan fingerprint density at radius 3 is 2.61 bits per heavy atom. The third-order valence-corrected chi connectivity index (χ3v) is 4.35. The van der Waals surface area contributed by atoms with Gasteiger partial charge in [-0.2, -0.15) is 11.3 Å². The first-order chi connectivity index (χ1) is 8.59. The lowest BCUT2D eigenvalue weighted by molar-refractivity contribution is 0.0622. The summed E-state index contributed by atoms with van der Waals surface area (Å²) in [6.45, 7) is 5.14. The molecule has 0 aliphatic carbocycles. The van der Waals surface area contributed by atoms with Gasteiger partial charge in [0.2, 0.25) is 0 Å². The number of amides is 1. The molecule has 6 heteroatoms. The third kappa shape index (κ3) is 2.88. The number of hydrogen-bond acceptors (Lipinski definition) is 4. The second-order valence-corrected chi connectivity index (χ2v) is 5.67. The maximum atomic E-state index is 12.1. The predicted molar refractivity (Wildman–Crippen MR) is 78.0 cm³/mol. The van der Waals surface area contributed by atoms with Crippen LogP contribution in [0.15, 0.2) is 16.8 Å². The van der Waals surface area contributed by atoms with E-state index in [0.29, 0.717) is 4.99 Å². The van der Waals surface area contributed by atoms with Gasteiger partial charge in [0.05, 0.1) is 16.6 Å². The molecule has 2 N–H and O–H groups in total. The third-order valence-electron chi connectivity index (χ3n) is 3.33. The molecule has 2 rings (SSSR count). The van der Waals surface area contributed by atoms with Gasteiger partial charge in [-0.05, 0) is 18.4 Å². The summed E-state index contributed by atoms with van der Waals surface area (Å²) in [5.74, 6) is 0.124. The smallest absolute Gasteiger partial charge is 0.254 e. The van der Waals surface area contributed by atoms with Gasteiger partial charge in [-0.3, -0.25) is 9.69 Å². The minimum Gasteiger partial charge on any atom is -0.392 e. The van der Waals surface area contributed by atoms with Crippen LogP contribution in [0.2, 0.25) is 0 Å². The minimum absolute atomic E-state index is 0.110. The number of hydrogen-bond donors (Lipinski definition) is 1. The van der Waals surface area contributed by atoms with E-state index in [2.05, 4.69) is 4.90 Å². The van der Waals surface area contributed by atoms with Gasteiger partial charge in [0.15, 0.2) is 0 Å². The quantitative estimate of drug-likeness (QED) is 0.846. The molecule has 1 aliphatic heterocycles. The fraction of sp³-hybridized carbons (Fsp3) is 0.500. The summed E-state index contributed by atoms with van der Waals surface area (Å²) >= 11 is 6.55. The fourth-order valence-electron chi connectivity index (χ4n) is 2.06. The molecule has 98 valence electrons. The van der Waals surface area contributed by atoms with Crippen LogP contribution in [-0.2, 0) is 0 Å². The number of thiocarbonyl (C=S) groups is 1. The van der Waals surface area contributed by atoms with Crippen molar-refractivity contribution in [3.8, 4) is 0 Å². The molecule has 1 saturated heterocycles. The molecule has 4 nitrogen and oxygen atoms in total. The molecule has 0 aromatic carbocycles. The summed E-state index contributed by atoms with van der Waals surface area (Å²) in [6.07, 6.45) is 0. The van der Waals surface area contributed by atoms with E-state index in [4.69, 9.17) is 18.0 Å². The van der Waals surface area contributed by atoms with Gasteiger partial charge in [0, 0.05) is 31.6 Å². The van der Waals surface area contributed by atoms with E-state index in [9.17, 15) is 4.79 Å². The SMILES string of the molecule is CC(C(N)=S)N1CCN(C(=O)c2ccsc2)CC1. The number of rotatable bonds is 3. The van der Waals surface area contributed by atoms with Crippen molar-refractivity contribution in [1.29, 1.82) is 0 Å². The molecule has 1 aromatic rings. The van der Waals surface area contributed by atoms with Crippen molar-refractivity contribution in [3.05, 3.63) is 22.4 Å². The molecule has 1 atom stereocenters. The lowest BCUT2D eigenvalue weighted by Crippen LogP contribution is -2.53. The van der Waals surface area contributed by atoms with Crippen LogP contribution < -0.4 is 5.73 Å². The molecule has 1 unspecified atom stereocenters. The zero-order valence-electron chi connectivity index (χ0n) is 10.3. The molecule has 0 bridgehead atoms. The van der Waals surface area contributed by atoms with E-state index in [1.165, 1.54) is 0 Å². The van der Waals surface area contributed by atoms with Crippen molar-refractivity contribution in [2.75, 3.05) is 26.2 Å².